The van der Waals surface area contributed by atoms with Crippen LogP contribution in [0.5, 0.6) is 11.6 Å². The van der Waals surface area contributed by atoms with Gasteiger partial charge in [-0.05, 0) is 18.1 Å². The molecule has 11 heteroatoms. The first-order valence-electron chi connectivity index (χ1n) is 9.39. The number of carboxylic acid groups (broad SMARTS) is 1. The minimum Gasteiger partial charge on any atom is -0.506 e. The monoisotopic (exact) mass is 495 g/mol. The first-order chi connectivity index (χ1) is 14.7. The summed E-state index contributed by atoms with van der Waals surface area (Å²) in [4.78, 5) is 48.8. The Kier molecular flexibility index (Phi) is 8.20. The Balaban J connectivity index is 2.63. The van der Waals surface area contributed by atoms with Crippen molar-refractivity contribution in [2.24, 2.45) is 0 Å². The van der Waals surface area contributed by atoms with Crippen molar-refractivity contribution in [3.05, 3.63) is 55.8 Å². The molecule has 0 bridgehead atoms. The van der Waals surface area contributed by atoms with Crippen LogP contribution in [-0.2, 0) is 11.3 Å². The Hall–Kier alpha value is -3.34. The van der Waals surface area contributed by atoms with E-state index in [9.17, 15) is 29.4 Å². The first kappa shape index (κ1) is 23.9. The average molecular weight is 496 g/mol. The molecule has 5 N–H and O–H groups in total. The predicted octanol–water partition coefficient (Wildman–Crippen LogP) is 1.41. The Bertz CT molecular complexity index is 1070. The van der Waals surface area contributed by atoms with Crippen molar-refractivity contribution in [2.75, 3.05) is 13.1 Å². The molecule has 0 aliphatic rings. The van der Waals surface area contributed by atoms with Crippen molar-refractivity contribution in [3.8, 4) is 11.6 Å². The number of amides is 2. The number of benzene rings is 1. The normalized spacial score (nSPS) is 10.5. The van der Waals surface area contributed by atoms with E-state index in [0.717, 1.165) is 11.0 Å². The number of carbonyl (C=O) groups is 3. The van der Waals surface area contributed by atoms with E-state index in [4.69, 9.17) is 5.11 Å². The lowest BCUT2D eigenvalue weighted by Gasteiger charge is -2.17. The first-order valence-corrected chi connectivity index (χ1v) is 10.2. The van der Waals surface area contributed by atoms with Crippen LogP contribution >= 0.6 is 15.9 Å². The number of carboxylic acids is 1. The van der Waals surface area contributed by atoms with Crippen molar-refractivity contribution in [1.82, 2.24) is 15.2 Å². The van der Waals surface area contributed by atoms with Gasteiger partial charge in [-0.3, -0.25) is 23.7 Å². The number of hydrogen-bond donors (Lipinski definition) is 5. The SMILES string of the molecule is CCCCNC(=O)c1c(O)c(C(=O)NCC(=O)O)c(O)n(Cc2ccccc2Br)c1=O. The van der Waals surface area contributed by atoms with Crippen molar-refractivity contribution in [2.45, 2.75) is 26.3 Å². The zero-order valence-electron chi connectivity index (χ0n) is 16.6. The number of nitrogens with zero attached hydrogens (tertiary/aromatic N) is 1. The summed E-state index contributed by atoms with van der Waals surface area (Å²) in [5.74, 6) is -5.34. The van der Waals surface area contributed by atoms with Crippen LogP contribution < -0.4 is 16.2 Å². The number of aliphatic carboxylic acids is 1. The van der Waals surface area contributed by atoms with Crippen LogP contribution in [-0.4, -0.2) is 50.8 Å². The van der Waals surface area contributed by atoms with Crippen LogP contribution in [0, 0.1) is 0 Å². The number of aromatic hydroxyl groups is 2. The smallest absolute Gasteiger partial charge is 0.322 e. The van der Waals surface area contributed by atoms with Gasteiger partial charge in [0.1, 0.15) is 17.7 Å². The molecule has 0 saturated heterocycles. The third kappa shape index (κ3) is 5.63. The lowest BCUT2D eigenvalue weighted by Crippen LogP contribution is -2.36. The van der Waals surface area contributed by atoms with E-state index >= 15 is 0 Å². The molecule has 2 aromatic rings. The van der Waals surface area contributed by atoms with Crippen molar-refractivity contribution >= 4 is 33.7 Å². The standard InChI is InChI=1S/C20H22BrN3O7/c1-2-3-8-22-17(28)14-16(27)15(18(29)23-9-13(25)26)20(31)24(19(14)30)10-11-6-4-5-7-12(11)21/h4-7,27,31H,2-3,8-10H2,1H3,(H,22,28)(H,23,29)(H,25,26). The van der Waals surface area contributed by atoms with Gasteiger partial charge in [-0.15, -0.1) is 0 Å². The van der Waals surface area contributed by atoms with E-state index in [2.05, 4.69) is 21.2 Å². The Labute approximate surface area is 185 Å². The van der Waals surface area contributed by atoms with E-state index in [0.29, 0.717) is 16.5 Å². The second-order valence-electron chi connectivity index (χ2n) is 6.59. The number of carbonyl (C=O) groups excluding carboxylic acids is 2. The van der Waals surface area contributed by atoms with E-state index in [1.807, 2.05) is 12.2 Å². The van der Waals surface area contributed by atoms with E-state index in [1.54, 1.807) is 24.3 Å². The number of pyridine rings is 1. The van der Waals surface area contributed by atoms with Gasteiger partial charge in [0, 0.05) is 11.0 Å². The lowest BCUT2D eigenvalue weighted by molar-refractivity contribution is -0.135. The molecule has 2 amide bonds. The van der Waals surface area contributed by atoms with Gasteiger partial charge >= 0.3 is 5.97 Å². The summed E-state index contributed by atoms with van der Waals surface area (Å²) in [6.07, 6.45) is 1.40. The third-order valence-corrected chi connectivity index (χ3v) is 5.14. The summed E-state index contributed by atoms with van der Waals surface area (Å²) < 4.78 is 1.38. The maximum absolute atomic E-state index is 13.0. The molecule has 166 valence electrons. The minimum absolute atomic E-state index is 0.221. The molecular weight excluding hydrogens is 474 g/mol. The molecule has 0 aliphatic carbocycles. The predicted molar refractivity (Wildman–Crippen MR) is 114 cm³/mol. The molecular formula is C20H22BrN3O7. The summed E-state index contributed by atoms with van der Waals surface area (Å²) in [6, 6.07) is 6.80. The zero-order valence-corrected chi connectivity index (χ0v) is 18.2. The molecule has 2 rings (SSSR count). The van der Waals surface area contributed by atoms with Gasteiger partial charge < -0.3 is 26.0 Å². The quantitative estimate of drug-likeness (QED) is 0.329. The Morgan fingerprint density at radius 1 is 1.06 bits per heavy atom. The van der Waals surface area contributed by atoms with Crippen LogP contribution in [0.3, 0.4) is 0 Å². The number of hydrogen-bond acceptors (Lipinski definition) is 6. The molecule has 10 nitrogen and oxygen atoms in total. The highest BCUT2D eigenvalue weighted by Crippen LogP contribution is 2.29. The minimum atomic E-state index is -1.36. The topological polar surface area (TPSA) is 158 Å². The van der Waals surface area contributed by atoms with Crippen LogP contribution in [0.1, 0.15) is 46.0 Å². The van der Waals surface area contributed by atoms with Crippen LogP contribution in [0.4, 0.5) is 0 Å². The number of nitrogens with one attached hydrogen (secondary N) is 2. The Morgan fingerprint density at radius 2 is 1.71 bits per heavy atom. The molecule has 0 spiro atoms. The maximum Gasteiger partial charge on any atom is 0.322 e. The van der Waals surface area contributed by atoms with Gasteiger partial charge in [-0.25, -0.2) is 0 Å². The van der Waals surface area contributed by atoms with Gasteiger partial charge in [0.2, 0.25) is 5.88 Å². The molecule has 1 aromatic carbocycles. The summed E-state index contributed by atoms with van der Waals surface area (Å²) >= 11 is 3.32. The van der Waals surface area contributed by atoms with E-state index in [1.165, 1.54) is 0 Å². The molecule has 0 atom stereocenters. The highest BCUT2D eigenvalue weighted by atomic mass is 79.9. The lowest BCUT2D eigenvalue weighted by atomic mass is 10.1. The number of unbranched alkanes of at least 4 members (excludes halogenated alkanes) is 1. The van der Waals surface area contributed by atoms with Crippen molar-refractivity contribution < 1.29 is 29.7 Å². The van der Waals surface area contributed by atoms with E-state index in [-0.39, 0.29) is 13.1 Å². The average Bonchev–Trinajstić information content (AvgIpc) is 2.71. The van der Waals surface area contributed by atoms with Crippen LogP contribution in [0.2, 0.25) is 0 Å². The van der Waals surface area contributed by atoms with Crippen molar-refractivity contribution in [1.29, 1.82) is 0 Å². The second-order valence-corrected chi connectivity index (χ2v) is 7.45. The fourth-order valence-corrected chi connectivity index (χ4v) is 3.18. The van der Waals surface area contributed by atoms with Crippen LogP contribution in [0.15, 0.2) is 33.5 Å². The number of rotatable bonds is 9. The summed E-state index contributed by atoms with van der Waals surface area (Å²) in [6.45, 7) is 1.12. The molecule has 0 radical (unpaired) electrons. The third-order valence-electron chi connectivity index (χ3n) is 4.37. The summed E-state index contributed by atoms with van der Waals surface area (Å²) in [5.41, 5.74) is -1.94. The number of aromatic nitrogens is 1. The number of halogens is 1. The van der Waals surface area contributed by atoms with Gasteiger partial charge in [0.25, 0.3) is 17.4 Å². The summed E-state index contributed by atoms with van der Waals surface area (Å²) in [7, 11) is 0. The van der Waals surface area contributed by atoms with Gasteiger partial charge in [0.15, 0.2) is 5.75 Å². The fourth-order valence-electron chi connectivity index (χ4n) is 2.77. The van der Waals surface area contributed by atoms with Gasteiger partial charge in [-0.2, -0.15) is 0 Å². The fraction of sp³-hybridized carbons (Fsp3) is 0.300. The highest BCUT2D eigenvalue weighted by molar-refractivity contribution is 9.10. The molecule has 0 unspecified atom stereocenters. The zero-order chi connectivity index (χ0) is 23.1. The molecule has 0 aliphatic heterocycles. The maximum atomic E-state index is 13.0. The second kappa shape index (κ2) is 10.6. The molecule has 1 aromatic heterocycles. The molecule has 1 heterocycles. The Morgan fingerprint density at radius 3 is 2.32 bits per heavy atom. The van der Waals surface area contributed by atoms with Gasteiger partial charge in [-0.1, -0.05) is 47.5 Å². The van der Waals surface area contributed by atoms with E-state index < -0.39 is 52.6 Å². The van der Waals surface area contributed by atoms with Crippen molar-refractivity contribution in [3.63, 3.8) is 0 Å². The van der Waals surface area contributed by atoms with Crippen LogP contribution in [0.25, 0.3) is 0 Å². The molecule has 0 saturated carbocycles. The molecule has 0 fully saturated rings. The van der Waals surface area contributed by atoms with Gasteiger partial charge in [0.05, 0.1) is 6.54 Å². The largest absolute Gasteiger partial charge is 0.506 e. The molecule has 31 heavy (non-hydrogen) atoms. The highest BCUT2D eigenvalue weighted by Gasteiger charge is 2.30. The summed E-state index contributed by atoms with van der Waals surface area (Å²) in [5, 5.41) is 34.4.